The second kappa shape index (κ2) is 18.1. The van der Waals surface area contributed by atoms with E-state index in [0.717, 1.165) is 5.56 Å². The SMILES string of the molecule is COCCOCCCC(=O)C(Cc1ccccc1)NC(=O)C(C)OC(=O)C(C)OC(=O)C(C)OC(=O)C(C)C. The van der Waals surface area contributed by atoms with Gasteiger partial charge in [0.2, 0.25) is 0 Å². The summed E-state index contributed by atoms with van der Waals surface area (Å²) in [5.74, 6) is -3.77. The Bertz CT molecular complexity index is 934. The molecule has 0 saturated heterocycles. The lowest BCUT2D eigenvalue weighted by Crippen LogP contribution is -2.47. The molecule has 1 aromatic rings. The van der Waals surface area contributed by atoms with Crippen molar-refractivity contribution in [2.24, 2.45) is 5.92 Å². The zero-order chi connectivity index (χ0) is 29.4. The molecular formula is C28H41NO10. The van der Waals surface area contributed by atoms with Crippen LogP contribution in [0, 0.1) is 5.92 Å². The third-order valence-corrected chi connectivity index (χ3v) is 5.51. The molecule has 4 unspecified atom stereocenters. The van der Waals surface area contributed by atoms with Crippen molar-refractivity contribution in [2.75, 3.05) is 26.9 Å². The second-order valence-electron chi connectivity index (χ2n) is 9.32. The van der Waals surface area contributed by atoms with Crippen molar-refractivity contribution in [3.63, 3.8) is 0 Å². The first-order chi connectivity index (χ1) is 18.5. The highest BCUT2D eigenvalue weighted by atomic mass is 16.6. The maximum Gasteiger partial charge on any atom is 0.347 e. The zero-order valence-corrected chi connectivity index (χ0v) is 23.6. The van der Waals surface area contributed by atoms with Crippen molar-refractivity contribution in [2.45, 2.75) is 78.2 Å². The Morgan fingerprint density at radius 1 is 0.744 bits per heavy atom. The van der Waals surface area contributed by atoms with Crippen LogP contribution in [-0.4, -0.2) is 80.9 Å². The predicted molar refractivity (Wildman–Crippen MR) is 141 cm³/mol. The van der Waals surface area contributed by atoms with Crippen LogP contribution in [0.3, 0.4) is 0 Å². The van der Waals surface area contributed by atoms with Crippen LogP contribution in [0.4, 0.5) is 0 Å². The lowest BCUT2D eigenvalue weighted by atomic mass is 9.99. The fraction of sp³-hybridized carbons (Fsp3) is 0.607. The summed E-state index contributed by atoms with van der Waals surface area (Å²) in [5.41, 5.74) is 0.852. The average Bonchev–Trinajstić information content (AvgIpc) is 2.90. The highest BCUT2D eigenvalue weighted by molar-refractivity contribution is 5.92. The average molecular weight is 552 g/mol. The zero-order valence-electron chi connectivity index (χ0n) is 23.6. The minimum atomic E-state index is -1.35. The Hall–Kier alpha value is -3.31. The second-order valence-corrected chi connectivity index (χ2v) is 9.32. The molecule has 0 saturated carbocycles. The molecule has 1 aromatic carbocycles. The van der Waals surface area contributed by atoms with Gasteiger partial charge in [0, 0.05) is 20.1 Å². The molecule has 1 N–H and O–H groups in total. The Morgan fingerprint density at radius 2 is 1.31 bits per heavy atom. The van der Waals surface area contributed by atoms with Gasteiger partial charge in [-0.1, -0.05) is 44.2 Å². The lowest BCUT2D eigenvalue weighted by molar-refractivity contribution is -0.180. The highest BCUT2D eigenvalue weighted by Gasteiger charge is 2.30. The number of ether oxygens (including phenoxy) is 5. The summed E-state index contributed by atoms with van der Waals surface area (Å²) in [7, 11) is 1.57. The van der Waals surface area contributed by atoms with Gasteiger partial charge in [-0.15, -0.1) is 0 Å². The Labute approximate surface area is 229 Å². The van der Waals surface area contributed by atoms with Gasteiger partial charge in [0.15, 0.2) is 24.1 Å². The van der Waals surface area contributed by atoms with Gasteiger partial charge in [0.1, 0.15) is 0 Å². The molecule has 218 valence electrons. The summed E-state index contributed by atoms with van der Waals surface area (Å²) < 4.78 is 25.5. The fourth-order valence-corrected chi connectivity index (χ4v) is 3.15. The number of esters is 3. The van der Waals surface area contributed by atoms with E-state index in [9.17, 15) is 24.0 Å². The van der Waals surface area contributed by atoms with Gasteiger partial charge in [-0.25, -0.2) is 9.59 Å². The lowest BCUT2D eigenvalue weighted by Gasteiger charge is -2.22. The first kappa shape index (κ1) is 33.7. The molecule has 0 bridgehead atoms. The topological polar surface area (TPSA) is 144 Å². The van der Waals surface area contributed by atoms with E-state index >= 15 is 0 Å². The van der Waals surface area contributed by atoms with E-state index in [1.165, 1.54) is 20.8 Å². The van der Waals surface area contributed by atoms with Gasteiger partial charge in [0.25, 0.3) is 5.91 Å². The number of amides is 1. The summed E-state index contributed by atoms with van der Waals surface area (Å²) in [6, 6.07) is 8.37. The molecule has 1 amide bonds. The van der Waals surface area contributed by atoms with E-state index in [1.54, 1.807) is 21.0 Å². The molecule has 4 atom stereocenters. The standard InChI is InChI=1S/C28H41NO10/c1-18(2)26(32)38-20(4)28(34)39-21(5)27(33)37-19(3)25(31)29-23(17-22-11-8-7-9-12-22)24(30)13-10-14-36-16-15-35-6/h7-9,11-12,18-21,23H,10,13-17H2,1-6H3,(H,29,31). The van der Waals surface area contributed by atoms with E-state index in [0.29, 0.717) is 26.2 Å². The Kier molecular flexibility index (Phi) is 15.6. The van der Waals surface area contributed by atoms with Crippen LogP contribution in [0.1, 0.15) is 53.0 Å². The van der Waals surface area contributed by atoms with Gasteiger partial charge >= 0.3 is 17.9 Å². The Morgan fingerprint density at radius 3 is 1.87 bits per heavy atom. The molecule has 0 radical (unpaired) electrons. The van der Waals surface area contributed by atoms with Crippen molar-refractivity contribution in [1.82, 2.24) is 5.32 Å². The summed E-state index contributed by atoms with van der Waals surface area (Å²) in [4.78, 5) is 62.0. The third-order valence-electron chi connectivity index (χ3n) is 5.51. The maximum atomic E-state index is 12.9. The summed E-state index contributed by atoms with van der Waals surface area (Å²) in [6.07, 6.45) is -2.91. The van der Waals surface area contributed by atoms with Gasteiger partial charge in [-0.05, 0) is 39.2 Å². The van der Waals surface area contributed by atoms with Gasteiger partial charge in [-0.2, -0.15) is 0 Å². The smallest absolute Gasteiger partial charge is 0.347 e. The fourth-order valence-electron chi connectivity index (χ4n) is 3.15. The number of nitrogens with one attached hydrogen (secondary N) is 1. The van der Waals surface area contributed by atoms with Crippen LogP contribution in [0.25, 0.3) is 0 Å². The number of benzene rings is 1. The number of carbonyl (C=O) groups excluding carboxylic acids is 5. The van der Waals surface area contributed by atoms with E-state index in [2.05, 4.69) is 5.32 Å². The van der Waals surface area contributed by atoms with E-state index in [4.69, 9.17) is 23.7 Å². The molecular weight excluding hydrogens is 510 g/mol. The molecule has 0 aliphatic heterocycles. The molecule has 11 heteroatoms. The van der Waals surface area contributed by atoms with Gasteiger partial charge in [0.05, 0.1) is 25.2 Å². The summed E-state index contributed by atoms with van der Waals surface area (Å²) in [5, 5.41) is 2.67. The van der Waals surface area contributed by atoms with E-state index < -0.39 is 54.1 Å². The predicted octanol–water partition coefficient (Wildman–Crippen LogP) is 2.18. The first-order valence-electron chi connectivity index (χ1n) is 13.0. The molecule has 1 rings (SSSR count). The van der Waals surface area contributed by atoms with Crippen LogP contribution < -0.4 is 5.32 Å². The molecule has 0 aliphatic rings. The van der Waals surface area contributed by atoms with Crippen LogP contribution in [0.15, 0.2) is 30.3 Å². The van der Waals surface area contributed by atoms with Gasteiger partial charge in [-0.3, -0.25) is 14.4 Å². The van der Waals surface area contributed by atoms with E-state index in [1.807, 2.05) is 30.3 Å². The quantitative estimate of drug-likeness (QED) is 0.164. The van der Waals surface area contributed by atoms with Crippen molar-refractivity contribution < 1.29 is 47.7 Å². The molecule has 39 heavy (non-hydrogen) atoms. The number of carbonyl (C=O) groups is 5. The van der Waals surface area contributed by atoms with Crippen molar-refractivity contribution in [3.8, 4) is 0 Å². The van der Waals surface area contributed by atoms with Crippen molar-refractivity contribution >= 4 is 29.6 Å². The highest BCUT2D eigenvalue weighted by Crippen LogP contribution is 2.10. The van der Waals surface area contributed by atoms with Gasteiger partial charge < -0.3 is 29.0 Å². The largest absolute Gasteiger partial charge is 0.450 e. The number of ketones is 1. The van der Waals surface area contributed by atoms with Crippen molar-refractivity contribution in [1.29, 1.82) is 0 Å². The van der Waals surface area contributed by atoms with Crippen LogP contribution >= 0.6 is 0 Å². The normalized spacial score (nSPS) is 14.0. The van der Waals surface area contributed by atoms with Crippen LogP contribution in [0.5, 0.6) is 0 Å². The number of hydrogen-bond donors (Lipinski definition) is 1. The minimum absolute atomic E-state index is 0.186. The minimum Gasteiger partial charge on any atom is -0.450 e. The molecule has 0 aliphatic carbocycles. The number of Topliss-reactive ketones (excluding diaryl/α,β-unsaturated/α-hetero) is 1. The number of methoxy groups -OCH3 is 1. The number of hydrogen-bond acceptors (Lipinski definition) is 10. The van der Waals surface area contributed by atoms with Crippen LogP contribution in [0.2, 0.25) is 0 Å². The Balaban J connectivity index is 2.69. The third kappa shape index (κ3) is 13.4. The monoisotopic (exact) mass is 551 g/mol. The first-order valence-corrected chi connectivity index (χ1v) is 13.0. The molecule has 0 spiro atoms. The summed E-state index contributed by atoms with van der Waals surface area (Å²) >= 11 is 0. The van der Waals surface area contributed by atoms with Crippen molar-refractivity contribution in [3.05, 3.63) is 35.9 Å². The summed E-state index contributed by atoms with van der Waals surface area (Å²) in [6.45, 7) is 8.44. The van der Waals surface area contributed by atoms with E-state index in [-0.39, 0.29) is 18.6 Å². The number of rotatable bonds is 18. The maximum absolute atomic E-state index is 12.9. The molecule has 0 heterocycles. The van der Waals surface area contributed by atoms with Crippen LogP contribution in [-0.2, 0) is 54.1 Å². The molecule has 11 nitrogen and oxygen atoms in total. The molecule has 0 fully saturated rings. The molecule has 0 aromatic heterocycles.